The first kappa shape index (κ1) is 28.9. The first-order valence-corrected chi connectivity index (χ1v) is 20.4. The molecule has 0 bridgehead atoms. The molecule has 7 rings (SSSR count). The van der Waals surface area contributed by atoms with Crippen molar-refractivity contribution in [3.8, 4) is 0 Å². The predicted octanol–water partition coefficient (Wildman–Crippen LogP) is 4.67. The zero-order chi connectivity index (χ0) is 25.7. The van der Waals surface area contributed by atoms with E-state index in [0.717, 1.165) is 0 Å². The van der Waals surface area contributed by atoms with Crippen molar-refractivity contribution < 1.29 is 45.1 Å². The molecule has 2 unspecified atom stereocenters. The van der Waals surface area contributed by atoms with Crippen LogP contribution in [-0.2, 0) is 20.3 Å². The molecule has 200 valence electrons. The smallest absolute Gasteiger partial charge is 1.00 e. The largest absolute Gasteiger partial charge is 1.00 e. The number of halogens is 2. The molecule has 0 radical (unpaired) electrons. The van der Waals surface area contributed by atoms with E-state index >= 15 is 0 Å². The van der Waals surface area contributed by atoms with Crippen LogP contribution in [-0.4, -0.2) is 0 Å². The van der Waals surface area contributed by atoms with Gasteiger partial charge in [-0.1, -0.05) is 0 Å². The molecule has 0 amide bonds. The molecule has 3 heteroatoms. The Morgan fingerprint density at radius 1 is 0.538 bits per heavy atom. The summed E-state index contributed by atoms with van der Waals surface area (Å²) in [6, 6.07) is 27.9. The Kier molecular flexibility index (Phi) is 7.19. The Hall–Kier alpha value is -1.66. The first-order chi connectivity index (χ1) is 17.6. The third-order valence-electron chi connectivity index (χ3n) is 9.56. The molecular formula is C36H38Cl2Zr. The Balaban J connectivity index is 0.00000154. The van der Waals surface area contributed by atoms with E-state index in [-0.39, 0.29) is 35.6 Å². The van der Waals surface area contributed by atoms with E-state index in [9.17, 15) is 0 Å². The minimum atomic E-state index is -2.76. The molecule has 4 aromatic rings. The second-order valence-corrected chi connectivity index (χ2v) is 25.2. The normalized spacial score (nSPS) is 20.2. The number of allylic oxidation sites excluding steroid dienone is 2. The summed E-state index contributed by atoms with van der Waals surface area (Å²) < 4.78 is 4.34. The maximum Gasteiger partial charge on any atom is -1.00 e. The number of hydrogen-bond donors (Lipinski definition) is 0. The van der Waals surface area contributed by atoms with Crippen molar-refractivity contribution in [3.63, 3.8) is 0 Å². The summed E-state index contributed by atoms with van der Waals surface area (Å²) in [6.45, 7) is 14.7. The van der Waals surface area contributed by atoms with Gasteiger partial charge < -0.3 is 24.8 Å². The van der Waals surface area contributed by atoms with Crippen molar-refractivity contribution >= 4 is 33.7 Å². The Bertz CT molecular complexity index is 1540. The summed E-state index contributed by atoms with van der Waals surface area (Å²) in [4.78, 5) is 0. The summed E-state index contributed by atoms with van der Waals surface area (Å²) in [7, 11) is 0. The third-order valence-corrected chi connectivity index (χ3v) is 22.3. The molecule has 4 aromatic carbocycles. The summed E-state index contributed by atoms with van der Waals surface area (Å²) >= 11 is -2.76. The molecule has 2 atom stereocenters. The Morgan fingerprint density at radius 2 is 0.923 bits per heavy atom. The van der Waals surface area contributed by atoms with Gasteiger partial charge in [-0.05, 0) is 0 Å². The number of fused-ring (bicyclic) bond motifs is 6. The van der Waals surface area contributed by atoms with E-state index < -0.39 is 20.3 Å². The van der Waals surface area contributed by atoms with Gasteiger partial charge in [0.2, 0.25) is 0 Å². The summed E-state index contributed by atoms with van der Waals surface area (Å²) in [6.07, 6.45) is 5.27. The van der Waals surface area contributed by atoms with E-state index in [2.05, 4.69) is 126 Å². The van der Waals surface area contributed by atoms with Gasteiger partial charge in [0.1, 0.15) is 0 Å². The zero-order valence-electron chi connectivity index (χ0n) is 23.9. The average Bonchev–Trinajstić information content (AvgIpc) is 3.36. The fraction of sp³-hybridized carbons (Fsp3) is 0.333. The monoisotopic (exact) mass is 630 g/mol. The quantitative estimate of drug-likeness (QED) is 0.302. The zero-order valence-corrected chi connectivity index (χ0v) is 27.9. The van der Waals surface area contributed by atoms with Gasteiger partial charge in [0.25, 0.3) is 0 Å². The van der Waals surface area contributed by atoms with Crippen LogP contribution in [0.2, 0.25) is 8.26 Å². The van der Waals surface area contributed by atoms with Crippen LogP contribution in [0.3, 0.4) is 0 Å². The molecule has 0 saturated carbocycles. The van der Waals surface area contributed by atoms with Crippen molar-refractivity contribution in [1.29, 1.82) is 0 Å². The van der Waals surface area contributed by atoms with Crippen LogP contribution in [0.15, 0.2) is 83.9 Å². The maximum absolute atomic E-state index is 2.76. The van der Waals surface area contributed by atoms with E-state index in [1.54, 1.807) is 22.3 Å². The minimum absolute atomic E-state index is 0. The molecular weight excluding hydrogens is 595 g/mol. The van der Waals surface area contributed by atoms with Gasteiger partial charge in [-0.15, -0.1) is 0 Å². The van der Waals surface area contributed by atoms with Crippen molar-refractivity contribution in [2.75, 3.05) is 0 Å². The van der Waals surface area contributed by atoms with Gasteiger partial charge in [0.05, 0.1) is 0 Å². The van der Waals surface area contributed by atoms with Crippen molar-refractivity contribution in [3.05, 3.63) is 106 Å². The number of hydrogen-bond acceptors (Lipinski definition) is 0. The average molecular weight is 633 g/mol. The van der Waals surface area contributed by atoms with Gasteiger partial charge in [-0.25, -0.2) is 0 Å². The SMILES string of the molecule is CC(C)(C)C1=Cc2c(ccc3ccccc23)[CH]1[Zr+2]1([CH]2C(C(C)(C)C)=Cc3c2ccc2ccccc32)[CH2][CH2]1.[Cl-].[Cl-]. The second-order valence-electron chi connectivity index (χ2n) is 13.9. The molecule has 39 heavy (non-hydrogen) atoms. The Labute approximate surface area is 251 Å². The van der Waals surface area contributed by atoms with Gasteiger partial charge in [0.15, 0.2) is 0 Å². The van der Waals surface area contributed by atoms with E-state index in [4.69, 9.17) is 0 Å². The van der Waals surface area contributed by atoms with Crippen molar-refractivity contribution in [2.24, 2.45) is 10.8 Å². The van der Waals surface area contributed by atoms with Crippen LogP contribution in [0.1, 0.15) is 71.0 Å². The number of benzene rings is 4. The second kappa shape index (κ2) is 9.72. The van der Waals surface area contributed by atoms with Crippen LogP contribution in [0.25, 0.3) is 33.7 Å². The van der Waals surface area contributed by atoms with Crippen molar-refractivity contribution in [1.82, 2.24) is 0 Å². The van der Waals surface area contributed by atoms with Gasteiger partial charge >= 0.3 is 228 Å². The fourth-order valence-corrected chi connectivity index (χ4v) is 26.1. The van der Waals surface area contributed by atoms with E-state index in [1.807, 2.05) is 0 Å². The van der Waals surface area contributed by atoms with Crippen LogP contribution < -0.4 is 24.8 Å². The molecule has 1 fully saturated rings. The van der Waals surface area contributed by atoms with Crippen molar-refractivity contribution in [2.45, 2.75) is 57.1 Å². The number of rotatable bonds is 2. The topological polar surface area (TPSA) is 0 Å². The van der Waals surface area contributed by atoms with Gasteiger partial charge in [-0.3, -0.25) is 0 Å². The molecule has 0 nitrogen and oxygen atoms in total. The van der Waals surface area contributed by atoms with Crippen LogP contribution in [0.5, 0.6) is 0 Å². The molecule has 0 N–H and O–H groups in total. The van der Waals surface area contributed by atoms with Crippen LogP contribution in [0.4, 0.5) is 0 Å². The standard InChI is InChI=1S/2C17H17.C2H4.2ClH.Zr/c2*1-17(2,3)14-10-13-9-8-12-6-4-5-7-15(12)16(13)11-14;1-2;;;/h2*4-11H,1-3H3;1-2H2;2*1H;/q;;;;;+2/p-2. The molecule has 0 spiro atoms. The summed E-state index contributed by atoms with van der Waals surface area (Å²) in [5.41, 5.74) is 10.1. The molecule has 3 aliphatic rings. The van der Waals surface area contributed by atoms with Crippen LogP contribution in [0, 0.1) is 10.8 Å². The van der Waals surface area contributed by atoms with Gasteiger partial charge in [-0.2, -0.15) is 0 Å². The third kappa shape index (κ3) is 4.34. The summed E-state index contributed by atoms with van der Waals surface area (Å²) in [5, 5.41) is 5.63. The van der Waals surface area contributed by atoms with E-state index in [1.165, 1.54) is 40.9 Å². The van der Waals surface area contributed by atoms with Gasteiger partial charge in [0, 0.05) is 0 Å². The fourth-order valence-electron chi connectivity index (χ4n) is 7.69. The molecule has 2 aliphatic carbocycles. The predicted molar refractivity (Wildman–Crippen MR) is 158 cm³/mol. The molecule has 1 saturated heterocycles. The Morgan fingerprint density at radius 3 is 1.28 bits per heavy atom. The maximum atomic E-state index is 2.63. The summed E-state index contributed by atoms with van der Waals surface area (Å²) in [5.74, 6) is 0. The first-order valence-electron chi connectivity index (χ1n) is 14.1. The molecule has 1 heterocycles. The molecule has 0 aromatic heterocycles. The molecule has 1 aliphatic heterocycles. The van der Waals surface area contributed by atoms with Crippen LogP contribution >= 0.6 is 0 Å². The minimum Gasteiger partial charge on any atom is -1.00 e. The van der Waals surface area contributed by atoms with E-state index in [0.29, 0.717) is 7.25 Å².